The maximum Gasteiger partial charge on any atom is 0.271 e. The summed E-state index contributed by atoms with van der Waals surface area (Å²) < 4.78 is 24.4. The highest BCUT2D eigenvalue weighted by Gasteiger charge is 2.34. The first kappa shape index (κ1) is 24.7. The molecular formula is C30H30FN3O3. The molecule has 1 fully saturated rings. The lowest BCUT2D eigenvalue weighted by molar-refractivity contribution is 0.0955. The number of nitrogens with zero attached hydrogens (tertiary/aromatic N) is 2. The van der Waals surface area contributed by atoms with Crippen LogP contribution in [-0.2, 0) is 0 Å². The molecule has 0 radical (unpaired) electrons. The van der Waals surface area contributed by atoms with Gasteiger partial charge in [0, 0.05) is 22.6 Å². The number of ether oxygens (including phenoxy) is 2. The van der Waals surface area contributed by atoms with Gasteiger partial charge in [-0.1, -0.05) is 31.0 Å². The van der Waals surface area contributed by atoms with Gasteiger partial charge in [0.1, 0.15) is 5.82 Å². The molecule has 0 unspecified atom stereocenters. The molecule has 1 N–H and O–H groups in total. The van der Waals surface area contributed by atoms with Crippen molar-refractivity contribution in [1.29, 1.82) is 0 Å². The molecule has 0 saturated heterocycles. The largest absolute Gasteiger partial charge is 0.493 e. The van der Waals surface area contributed by atoms with Gasteiger partial charge in [-0.05, 0) is 73.4 Å². The standard InChI is InChI=1S/C30H30FN3O3/c1-18(33-34-30(35)19-11-13-22(31)14-12-19)20-7-6-8-21(15-20)29-25-17-28(37-3)27(36-2)16-24(25)23-9-4-5-10-26(23)32-29/h6-8,11-17,23,26H,4-5,9-10H2,1-3H3,(H,34,35)/t23-,26-/m1/s1. The minimum Gasteiger partial charge on any atom is -0.493 e. The van der Waals surface area contributed by atoms with E-state index >= 15 is 0 Å². The molecule has 7 heteroatoms. The van der Waals surface area contributed by atoms with E-state index in [2.05, 4.69) is 22.7 Å². The molecule has 2 atom stereocenters. The Balaban J connectivity index is 1.48. The number of hydrogen-bond acceptors (Lipinski definition) is 5. The number of aliphatic imine (C=N–C) groups is 1. The first-order valence-corrected chi connectivity index (χ1v) is 12.5. The third kappa shape index (κ3) is 4.99. The van der Waals surface area contributed by atoms with Gasteiger partial charge < -0.3 is 9.47 Å². The Hall–Kier alpha value is -4.00. The van der Waals surface area contributed by atoms with Crippen LogP contribution in [0.5, 0.6) is 11.5 Å². The van der Waals surface area contributed by atoms with Gasteiger partial charge in [0.25, 0.3) is 5.91 Å². The van der Waals surface area contributed by atoms with Crippen molar-refractivity contribution in [3.05, 3.63) is 94.3 Å². The molecule has 1 heterocycles. The maximum atomic E-state index is 13.2. The summed E-state index contributed by atoms with van der Waals surface area (Å²) in [5.41, 5.74) is 8.66. The molecule has 1 aliphatic heterocycles. The lowest BCUT2D eigenvalue weighted by Gasteiger charge is -2.35. The molecule has 37 heavy (non-hydrogen) atoms. The number of nitrogens with one attached hydrogen (secondary N) is 1. The Morgan fingerprint density at radius 1 is 0.973 bits per heavy atom. The minimum atomic E-state index is -0.398. The number of rotatable bonds is 6. The van der Waals surface area contributed by atoms with Crippen LogP contribution in [0.1, 0.15) is 71.1 Å². The second kappa shape index (κ2) is 10.5. The van der Waals surface area contributed by atoms with Crippen LogP contribution in [0, 0.1) is 5.82 Å². The van der Waals surface area contributed by atoms with Crippen LogP contribution in [0.4, 0.5) is 4.39 Å². The fourth-order valence-corrected chi connectivity index (χ4v) is 5.26. The quantitative estimate of drug-likeness (QED) is 0.340. The summed E-state index contributed by atoms with van der Waals surface area (Å²) in [5, 5.41) is 4.29. The van der Waals surface area contributed by atoms with Crippen molar-refractivity contribution in [3.63, 3.8) is 0 Å². The fraction of sp³-hybridized carbons (Fsp3) is 0.300. The van der Waals surface area contributed by atoms with E-state index in [9.17, 15) is 9.18 Å². The van der Waals surface area contributed by atoms with E-state index in [-0.39, 0.29) is 6.04 Å². The molecule has 5 rings (SSSR count). The number of amides is 1. The van der Waals surface area contributed by atoms with Gasteiger partial charge in [0.15, 0.2) is 11.5 Å². The molecule has 190 valence electrons. The van der Waals surface area contributed by atoms with Gasteiger partial charge in [-0.2, -0.15) is 5.10 Å². The van der Waals surface area contributed by atoms with Crippen LogP contribution in [0.15, 0.2) is 70.8 Å². The van der Waals surface area contributed by atoms with E-state index in [1.165, 1.54) is 42.7 Å². The predicted octanol–water partition coefficient (Wildman–Crippen LogP) is 5.87. The number of hydrogen-bond donors (Lipinski definition) is 1. The van der Waals surface area contributed by atoms with Crippen molar-refractivity contribution >= 4 is 17.3 Å². The Labute approximate surface area is 216 Å². The fourth-order valence-electron chi connectivity index (χ4n) is 5.26. The summed E-state index contributed by atoms with van der Waals surface area (Å²) in [4.78, 5) is 17.7. The van der Waals surface area contributed by atoms with Gasteiger partial charge in [0.2, 0.25) is 0 Å². The molecule has 6 nitrogen and oxygen atoms in total. The topological polar surface area (TPSA) is 72.3 Å². The highest BCUT2D eigenvalue weighted by Crippen LogP contribution is 2.44. The molecule has 2 aliphatic rings. The van der Waals surface area contributed by atoms with Crippen molar-refractivity contribution in [2.24, 2.45) is 10.1 Å². The van der Waals surface area contributed by atoms with E-state index in [4.69, 9.17) is 14.5 Å². The summed E-state index contributed by atoms with van der Waals surface area (Å²) in [5.74, 6) is 1.00. The summed E-state index contributed by atoms with van der Waals surface area (Å²) in [7, 11) is 3.31. The molecule has 1 amide bonds. The van der Waals surface area contributed by atoms with Crippen LogP contribution in [0.3, 0.4) is 0 Å². The third-order valence-electron chi connectivity index (χ3n) is 7.22. The SMILES string of the molecule is COc1cc2c(cc1OC)[C@H]1CCCC[C@H]1N=C2c1cccc(C(C)=NNC(=O)c2ccc(F)cc2)c1. The number of carbonyl (C=O) groups excluding carboxylic acids is 1. The van der Waals surface area contributed by atoms with Gasteiger partial charge in [-0.25, -0.2) is 9.82 Å². The average molecular weight is 500 g/mol. The van der Waals surface area contributed by atoms with E-state index in [0.717, 1.165) is 41.0 Å². The lowest BCUT2D eigenvalue weighted by atomic mass is 9.75. The lowest BCUT2D eigenvalue weighted by Crippen LogP contribution is -2.29. The number of benzene rings is 3. The van der Waals surface area contributed by atoms with Gasteiger partial charge in [-0.3, -0.25) is 9.79 Å². The highest BCUT2D eigenvalue weighted by atomic mass is 19.1. The number of carbonyl (C=O) groups is 1. The van der Waals surface area contributed by atoms with E-state index in [1.54, 1.807) is 14.2 Å². The normalized spacial score (nSPS) is 18.8. The smallest absolute Gasteiger partial charge is 0.271 e. The van der Waals surface area contributed by atoms with Crippen LogP contribution < -0.4 is 14.9 Å². The monoisotopic (exact) mass is 499 g/mol. The third-order valence-corrected chi connectivity index (χ3v) is 7.22. The molecule has 0 aromatic heterocycles. The van der Waals surface area contributed by atoms with Crippen molar-refractivity contribution < 1.29 is 18.7 Å². The van der Waals surface area contributed by atoms with E-state index in [1.807, 2.05) is 31.2 Å². The van der Waals surface area contributed by atoms with Crippen molar-refractivity contribution in [3.8, 4) is 11.5 Å². The second-order valence-corrected chi connectivity index (χ2v) is 9.46. The van der Waals surface area contributed by atoms with E-state index < -0.39 is 11.7 Å². The zero-order valence-corrected chi connectivity index (χ0v) is 21.3. The van der Waals surface area contributed by atoms with Crippen molar-refractivity contribution in [2.75, 3.05) is 14.2 Å². The highest BCUT2D eigenvalue weighted by molar-refractivity contribution is 6.16. The molecule has 3 aromatic carbocycles. The Morgan fingerprint density at radius 2 is 1.70 bits per heavy atom. The summed E-state index contributed by atoms with van der Waals surface area (Å²) in [6, 6.07) is 17.8. The van der Waals surface area contributed by atoms with Crippen LogP contribution in [-0.4, -0.2) is 37.6 Å². The first-order valence-electron chi connectivity index (χ1n) is 12.5. The van der Waals surface area contributed by atoms with Crippen molar-refractivity contribution in [2.45, 2.75) is 44.6 Å². The number of methoxy groups -OCH3 is 2. The maximum absolute atomic E-state index is 13.2. The summed E-state index contributed by atoms with van der Waals surface area (Å²) in [6.45, 7) is 1.84. The zero-order valence-electron chi connectivity index (χ0n) is 21.3. The summed E-state index contributed by atoms with van der Waals surface area (Å²) >= 11 is 0. The molecule has 3 aromatic rings. The van der Waals surface area contributed by atoms with E-state index in [0.29, 0.717) is 22.9 Å². The van der Waals surface area contributed by atoms with Gasteiger partial charge in [-0.15, -0.1) is 0 Å². The van der Waals surface area contributed by atoms with Crippen LogP contribution in [0.2, 0.25) is 0 Å². The predicted molar refractivity (Wildman–Crippen MR) is 143 cm³/mol. The van der Waals surface area contributed by atoms with Gasteiger partial charge in [0.05, 0.1) is 31.7 Å². The molecule has 0 bridgehead atoms. The van der Waals surface area contributed by atoms with Crippen LogP contribution >= 0.6 is 0 Å². The Morgan fingerprint density at radius 3 is 2.46 bits per heavy atom. The molecule has 0 spiro atoms. The number of halogens is 1. The minimum absolute atomic E-state index is 0.239. The zero-order chi connectivity index (χ0) is 25.9. The first-order chi connectivity index (χ1) is 18.0. The Kier molecular flexibility index (Phi) is 7.04. The summed E-state index contributed by atoms with van der Waals surface area (Å²) in [6.07, 6.45) is 4.57. The molecular weight excluding hydrogens is 469 g/mol. The second-order valence-electron chi connectivity index (χ2n) is 9.46. The number of fused-ring (bicyclic) bond motifs is 3. The van der Waals surface area contributed by atoms with Crippen molar-refractivity contribution in [1.82, 2.24) is 5.43 Å². The number of hydrazone groups is 1. The Bertz CT molecular complexity index is 1380. The van der Waals surface area contributed by atoms with Gasteiger partial charge >= 0.3 is 0 Å². The van der Waals surface area contributed by atoms with Crippen LogP contribution in [0.25, 0.3) is 0 Å². The molecule has 1 saturated carbocycles. The molecule has 1 aliphatic carbocycles. The average Bonchev–Trinajstić information content (AvgIpc) is 2.94.